The van der Waals surface area contributed by atoms with E-state index in [0.29, 0.717) is 36.0 Å². The van der Waals surface area contributed by atoms with Crippen molar-refractivity contribution in [3.8, 4) is 5.75 Å². The number of esters is 1. The summed E-state index contributed by atoms with van der Waals surface area (Å²) in [7, 11) is 0. The minimum atomic E-state index is -0.424. The van der Waals surface area contributed by atoms with E-state index in [1.807, 2.05) is 6.07 Å². The molecule has 4 heteroatoms. The summed E-state index contributed by atoms with van der Waals surface area (Å²) >= 11 is 0. The van der Waals surface area contributed by atoms with E-state index < -0.39 is 5.97 Å². The van der Waals surface area contributed by atoms with Crippen LogP contribution in [0.1, 0.15) is 40.5 Å². The van der Waals surface area contributed by atoms with Crippen molar-refractivity contribution in [2.75, 3.05) is 6.61 Å². The van der Waals surface area contributed by atoms with Crippen LogP contribution in [0.4, 0.5) is 0 Å². The highest BCUT2D eigenvalue weighted by atomic mass is 16.7. The third-order valence-corrected chi connectivity index (χ3v) is 6.75. The van der Waals surface area contributed by atoms with E-state index in [1.165, 1.54) is 28.3 Å². The molecule has 2 fully saturated rings. The largest absolute Gasteiger partial charge is 0.423 e. The molecular weight excluding hydrogens is 340 g/mol. The van der Waals surface area contributed by atoms with E-state index >= 15 is 0 Å². The Labute approximate surface area is 157 Å². The van der Waals surface area contributed by atoms with Gasteiger partial charge in [0.2, 0.25) is 0 Å². The van der Waals surface area contributed by atoms with Crippen molar-refractivity contribution in [1.82, 2.24) is 0 Å². The highest BCUT2D eigenvalue weighted by Crippen LogP contribution is 2.63. The maximum absolute atomic E-state index is 11.7. The van der Waals surface area contributed by atoms with E-state index in [4.69, 9.17) is 14.2 Å². The van der Waals surface area contributed by atoms with E-state index in [9.17, 15) is 4.79 Å². The van der Waals surface area contributed by atoms with Gasteiger partial charge < -0.3 is 14.2 Å². The fraction of sp³-hybridized carbons (Fsp3) is 0.348. The number of carbonyl (C=O) groups excluding carboxylic acids is 1. The van der Waals surface area contributed by atoms with Gasteiger partial charge in [0.25, 0.3) is 0 Å². The molecule has 2 aliphatic heterocycles. The molecule has 2 heterocycles. The standard InChI is InChI=1S/C23H20O4/c1-2-19(24)26-12-7-8-15-16(9-12)21-13-5-3-4-6-14(13)22(15)23-17(21)10-20-25-11-18(23)27-20/h2-9,17-18,20-23H,1,10-11H2/t17?,18?,20-,21?,22?,23?/m1/s1. The second kappa shape index (κ2) is 5.54. The molecule has 136 valence electrons. The van der Waals surface area contributed by atoms with Crippen LogP contribution in [0.5, 0.6) is 5.75 Å². The summed E-state index contributed by atoms with van der Waals surface area (Å²) < 4.78 is 17.4. The van der Waals surface area contributed by atoms with Gasteiger partial charge in [-0.2, -0.15) is 0 Å². The van der Waals surface area contributed by atoms with Gasteiger partial charge in [0.05, 0.1) is 12.7 Å². The SMILES string of the molecule is C=CC(=O)Oc1ccc2c(c1)C1c3ccccc3C2C2C3CO[C@@H](CC12)O3. The molecular formula is C23H20O4. The lowest BCUT2D eigenvalue weighted by molar-refractivity contribution is -0.130. The maximum Gasteiger partial charge on any atom is 0.335 e. The number of ether oxygens (including phenoxy) is 3. The van der Waals surface area contributed by atoms with Crippen molar-refractivity contribution in [1.29, 1.82) is 0 Å². The summed E-state index contributed by atoms with van der Waals surface area (Å²) in [5.41, 5.74) is 5.45. The van der Waals surface area contributed by atoms with Gasteiger partial charge in [0.15, 0.2) is 6.29 Å². The lowest BCUT2D eigenvalue weighted by Crippen LogP contribution is -2.49. The number of hydrogen-bond acceptors (Lipinski definition) is 4. The van der Waals surface area contributed by atoms with Crippen molar-refractivity contribution in [2.24, 2.45) is 11.8 Å². The number of rotatable bonds is 2. The van der Waals surface area contributed by atoms with Crippen LogP contribution in [0.2, 0.25) is 0 Å². The van der Waals surface area contributed by atoms with Gasteiger partial charge >= 0.3 is 5.97 Å². The Hall–Kier alpha value is -2.43. The first kappa shape index (κ1) is 15.6. The predicted octanol–water partition coefficient (Wildman–Crippen LogP) is 3.75. The van der Waals surface area contributed by atoms with Crippen molar-refractivity contribution in [3.63, 3.8) is 0 Å². The predicted molar refractivity (Wildman–Crippen MR) is 98.6 cm³/mol. The van der Waals surface area contributed by atoms with Crippen LogP contribution >= 0.6 is 0 Å². The molecule has 4 nitrogen and oxygen atoms in total. The Kier molecular flexibility index (Phi) is 3.20. The topological polar surface area (TPSA) is 44.8 Å². The number of benzene rings is 2. The lowest BCUT2D eigenvalue weighted by atomic mass is 9.52. The van der Waals surface area contributed by atoms with Crippen molar-refractivity contribution in [3.05, 3.63) is 77.4 Å². The van der Waals surface area contributed by atoms with E-state index in [-0.39, 0.29) is 12.4 Å². The number of carbonyl (C=O) groups is 1. The molecule has 5 aliphatic rings. The normalized spacial score (nSPS) is 34.4. The molecule has 0 aromatic heterocycles. The molecule has 0 amide bonds. The zero-order chi connectivity index (χ0) is 18.1. The maximum atomic E-state index is 11.7. The van der Waals surface area contributed by atoms with Crippen LogP contribution in [-0.2, 0) is 14.3 Å². The van der Waals surface area contributed by atoms with Gasteiger partial charge in [-0.1, -0.05) is 36.9 Å². The summed E-state index contributed by atoms with van der Waals surface area (Å²) in [6, 6.07) is 14.9. The summed E-state index contributed by atoms with van der Waals surface area (Å²) in [5.74, 6) is 1.71. The monoisotopic (exact) mass is 360 g/mol. The van der Waals surface area contributed by atoms with Crippen LogP contribution in [0.25, 0.3) is 0 Å². The fourth-order valence-corrected chi connectivity index (χ4v) is 5.89. The number of fused-ring (bicyclic) bond motifs is 2. The van der Waals surface area contributed by atoms with Gasteiger partial charge in [0, 0.05) is 30.3 Å². The molecule has 0 radical (unpaired) electrons. The van der Waals surface area contributed by atoms with E-state index in [1.54, 1.807) is 0 Å². The molecule has 0 spiro atoms. The van der Waals surface area contributed by atoms with E-state index in [2.05, 4.69) is 43.0 Å². The van der Waals surface area contributed by atoms with Crippen LogP contribution < -0.4 is 4.74 Å². The second-order valence-corrected chi connectivity index (χ2v) is 7.91. The molecule has 5 unspecified atom stereocenters. The van der Waals surface area contributed by atoms with Crippen LogP contribution in [0, 0.1) is 11.8 Å². The highest BCUT2D eigenvalue weighted by molar-refractivity contribution is 5.83. The Morgan fingerprint density at radius 3 is 2.67 bits per heavy atom. The molecule has 2 aromatic rings. The average Bonchev–Trinajstić information content (AvgIpc) is 3.08. The minimum absolute atomic E-state index is 0.0759. The van der Waals surface area contributed by atoms with Gasteiger partial charge in [-0.05, 0) is 40.3 Å². The van der Waals surface area contributed by atoms with Gasteiger partial charge in [0.1, 0.15) is 5.75 Å². The molecule has 27 heavy (non-hydrogen) atoms. The van der Waals surface area contributed by atoms with Crippen LogP contribution in [-0.4, -0.2) is 25.0 Å². The first-order chi connectivity index (χ1) is 13.2. The summed E-state index contributed by atoms with van der Waals surface area (Å²) in [6.45, 7) is 4.18. The Balaban J connectivity index is 1.53. The lowest BCUT2D eigenvalue weighted by Gasteiger charge is -2.54. The second-order valence-electron chi connectivity index (χ2n) is 7.91. The van der Waals surface area contributed by atoms with Gasteiger partial charge in [-0.25, -0.2) is 4.79 Å². The quantitative estimate of drug-likeness (QED) is 0.465. The van der Waals surface area contributed by atoms with E-state index in [0.717, 1.165) is 6.42 Å². The molecule has 3 aliphatic carbocycles. The summed E-state index contributed by atoms with van der Waals surface area (Å²) in [5, 5.41) is 0. The van der Waals surface area contributed by atoms with Crippen molar-refractivity contribution in [2.45, 2.75) is 30.7 Å². The zero-order valence-corrected chi connectivity index (χ0v) is 14.8. The molecule has 2 saturated heterocycles. The summed E-state index contributed by atoms with van der Waals surface area (Å²) in [4.78, 5) is 11.7. The third-order valence-electron chi connectivity index (χ3n) is 6.75. The highest BCUT2D eigenvalue weighted by Gasteiger charge is 2.57. The van der Waals surface area contributed by atoms with Crippen molar-refractivity contribution >= 4 is 5.97 Å². The Morgan fingerprint density at radius 2 is 1.85 bits per heavy atom. The summed E-state index contributed by atoms with van der Waals surface area (Å²) in [6.07, 6.45) is 2.21. The first-order valence-corrected chi connectivity index (χ1v) is 9.58. The van der Waals surface area contributed by atoms with Crippen molar-refractivity contribution < 1.29 is 19.0 Å². The Morgan fingerprint density at radius 1 is 1.07 bits per heavy atom. The molecule has 6 atom stereocenters. The fourth-order valence-electron chi connectivity index (χ4n) is 5.89. The first-order valence-electron chi connectivity index (χ1n) is 9.58. The molecule has 4 bridgehead atoms. The molecule has 0 saturated carbocycles. The van der Waals surface area contributed by atoms with Gasteiger partial charge in [-0.3, -0.25) is 0 Å². The molecule has 0 N–H and O–H groups in total. The number of hydrogen-bond donors (Lipinski definition) is 0. The smallest absolute Gasteiger partial charge is 0.335 e. The third kappa shape index (κ3) is 2.08. The van der Waals surface area contributed by atoms with Crippen LogP contribution in [0.3, 0.4) is 0 Å². The van der Waals surface area contributed by atoms with Crippen LogP contribution in [0.15, 0.2) is 55.1 Å². The minimum Gasteiger partial charge on any atom is -0.423 e. The Bertz CT molecular complexity index is 965. The van der Waals surface area contributed by atoms with Gasteiger partial charge in [-0.15, -0.1) is 0 Å². The molecule has 2 aromatic carbocycles. The molecule has 7 rings (SSSR count). The average molecular weight is 360 g/mol. The zero-order valence-electron chi connectivity index (χ0n) is 14.8.